The third-order valence-electron chi connectivity index (χ3n) is 2.98. The van der Waals surface area contributed by atoms with E-state index in [2.05, 4.69) is 0 Å². The van der Waals surface area contributed by atoms with E-state index in [0.29, 0.717) is 19.6 Å². The summed E-state index contributed by atoms with van der Waals surface area (Å²) in [7, 11) is 1.62. The van der Waals surface area contributed by atoms with Crippen molar-refractivity contribution < 1.29 is 14.3 Å². The Kier molecular flexibility index (Phi) is 3.64. The first-order valence-corrected chi connectivity index (χ1v) is 5.75. The quantitative estimate of drug-likeness (QED) is 0.795. The van der Waals surface area contributed by atoms with E-state index in [1.165, 1.54) is 0 Å². The van der Waals surface area contributed by atoms with Gasteiger partial charge in [0.2, 0.25) is 5.91 Å². The van der Waals surface area contributed by atoms with Gasteiger partial charge in [0.1, 0.15) is 12.0 Å². The molecule has 4 heteroatoms. The monoisotopic (exact) mass is 235 g/mol. The predicted octanol–water partition coefficient (Wildman–Crippen LogP) is 1.44. The second kappa shape index (κ2) is 5.19. The Bertz CT molecular complexity index is 405. The first-order valence-electron chi connectivity index (χ1n) is 5.75. The van der Waals surface area contributed by atoms with Crippen LogP contribution in [0.15, 0.2) is 24.3 Å². The molecular formula is C13H17NO3. The highest BCUT2D eigenvalue weighted by atomic mass is 16.5. The van der Waals surface area contributed by atoms with Gasteiger partial charge in [-0.05, 0) is 13.0 Å². The molecule has 0 aliphatic carbocycles. The molecule has 2 rings (SSSR count). The zero-order valence-electron chi connectivity index (χ0n) is 10.2. The number of amides is 1. The smallest absolute Gasteiger partial charge is 0.229 e. The lowest BCUT2D eigenvalue weighted by Gasteiger charge is -2.20. The molecule has 0 aromatic heterocycles. The fraction of sp³-hybridized carbons (Fsp3) is 0.462. The number of rotatable bonds is 3. The van der Waals surface area contributed by atoms with Crippen LogP contribution in [0.3, 0.4) is 0 Å². The summed E-state index contributed by atoms with van der Waals surface area (Å²) in [5, 5.41) is 0. The molecule has 0 radical (unpaired) electrons. The van der Waals surface area contributed by atoms with E-state index in [1.54, 1.807) is 12.0 Å². The van der Waals surface area contributed by atoms with Crippen LogP contribution in [-0.4, -0.2) is 37.3 Å². The van der Waals surface area contributed by atoms with Gasteiger partial charge in [0.15, 0.2) is 0 Å². The van der Waals surface area contributed by atoms with Crippen molar-refractivity contribution in [3.63, 3.8) is 0 Å². The van der Waals surface area contributed by atoms with Crippen LogP contribution in [0, 0.1) is 0 Å². The molecule has 1 aromatic rings. The molecule has 1 atom stereocenters. The van der Waals surface area contributed by atoms with Gasteiger partial charge in [-0.1, -0.05) is 18.2 Å². The molecule has 0 bridgehead atoms. The third-order valence-corrected chi connectivity index (χ3v) is 2.98. The topological polar surface area (TPSA) is 38.8 Å². The maximum absolute atomic E-state index is 12.1. The van der Waals surface area contributed by atoms with Gasteiger partial charge in [0.25, 0.3) is 0 Å². The zero-order chi connectivity index (χ0) is 12.3. The van der Waals surface area contributed by atoms with Crippen molar-refractivity contribution in [3.05, 3.63) is 29.8 Å². The van der Waals surface area contributed by atoms with Gasteiger partial charge in [0, 0.05) is 12.1 Å². The summed E-state index contributed by atoms with van der Waals surface area (Å²) in [6.45, 7) is 3.20. The predicted molar refractivity (Wildman–Crippen MR) is 63.8 cm³/mol. The summed E-state index contributed by atoms with van der Waals surface area (Å²) >= 11 is 0. The van der Waals surface area contributed by atoms with Crippen LogP contribution in [0.1, 0.15) is 12.5 Å². The molecule has 0 N–H and O–H groups in total. The van der Waals surface area contributed by atoms with Crippen molar-refractivity contribution in [3.8, 4) is 5.75 Å². The second-order valence-corrected chi connectivity index (χ2v) is 4.05. The Morgan fingerprint density at radius 1 is 1.53 bits per heavy atom. The number of ether oxygens (including phenoxy) is 2. The highest BCUT2D eigenvalue weighted by molar-refractivity contribution is 5.79. The van der Waals surface area contributed by atoms with Crippen molar-refractivity contribution in [1.29, 1.82) is 0 Å². The minimum atomic E-state index is -0.114. The van der Waals surface area contributed by atoms with Gasteiger partial charge in [-0.15, -0.1) is 0 Å². The first-order chi connectivity index (χ1) is 8.22. The molecule has 1 amide bonds. The van der Waals surface area contributed by atoms with Crippen LogP contribution in [0.2, 0.25) is 0 Å². The molecule has 1 unspecified atom stereocenters. The van der Waals surface area contributed by atoms with Gasteiger partial charge in [-0.3, -0.25) is 4.79 Å². The van der Waals surface area contributed by atoms with Gasteiger partial charge in [0.05, 0.1) is 20.1 Å². The molecule has 92 valence electrons. The van der Waals surface area contributed by atoms with Crippen molar-refractivity contribution in [2.24, 2.45) is 0 Å². The van der Waals surface area contributed by atoms with E-state index >= 15 is 0 Å². The van der Waals surface area contributed by atoms with E-state index in [9.17, 15) is 4.79 Å². The van der Waals surface area contributed by atoms with Crippen LogP contribution in [-0.2, 0) is 16.0 Å². The maximum atomic E-state index is 12.1. The summed E-state index contributed by atoms with van der Waals surface area (Å²) in [6, 6.07) is 7.59. The lowest BCUT2D eigenvalue weighted by atomic mass is 10.1. The SMILES string of the molecule is COc1ccccc1CC(=O)N1CCOC1C. The summed E-state index contributed by atoms with van der Waals surface area (Å²) in [4.78, 5) is 13.8. The average molecular weight is 235 g/mol. The maximum Gasteiger partial charge on any atom is 0.229 e. The number of carbonyl (C=O) groups is 1. The van der Waals surface area contributed by atoms with E-state index in [-0.39, 0.29) is 12.1 Å². The summed E-state index contributed by atoms with van der Waals surface area (Å²) in [6.07, 6.45) is 0.245. The van der Waals surface area contributed by atoms with Crippen LogP contribution < -0.4 is 4.74 Å². The Hall–Kier alpha value is -1.55. The molecule has 4 nitrogen and oxygen atoms in total. The molecule has 1 fully saturated rings. The molecule has 0 spiro atoms. The lowest BCUT2D eigenvalue weighted by Crippen LogP contribution is -2.35. The number of hydrogen-bond acceptors (Lipinski definition) is 3. The average Bonchev–Trinajstić information content (AvgIpc) is 2.76. The number of hydrogen-bond donors (Lipinski definition) is 0. The molecule has 1 aliphatic heterocycles. The van der Waals surface area contributed by atoms with Gasteiger partial charge in [-0.2, -0.15) is 0 Å². The second-order valence-electron chi connectivity index (χ2n) is 4.05. The fourth-order valence-electron chi connectivity index (χ4n) is 2.03. The van der Waals surface area contributed by atoms with Gasteiger partial charge in [-0.25, -0.2) is 0 Å². The minimum absolute atomic E-state index is 0.0829. The minimum Gasteiger partial charge on any atom is -0.496 e. The number of nitrogens with zero attached hydrogens (tertiary/aromatic N) is 1. The van der Waals surface area contributed by atoms with E-state index in [1.807, 2.05) is 31.2 Å². The molecule has 1 saturated heterocycles. The van der Waals surface area contributed by atoms with Crippen LogP contribution in [0.5, 0.6) is 5.75 Å². The standard InChI is InChI=1S/C13H17NO3/c1-10-14(7-8-17-10)13(15)9-11-5-3-4-6-12(11)16-2/h3-6,10H,7-9H2,1-2H3. The summed E-state index contributed by atoms with van der Waals surface area (Å²) < 4.78 is 10.6. The Labute approximate surface area is 101 Å². The summed E-state index contributed by atoms with van der Waals surface area (Å²) in [5.74, 6) is 0.841. The van der Waals surface area contributed by atoms with E-state index in [4.69, 9.17) is 9.47 Å². The number of methoxy groups -OCH3 is 1. The summed E-state index contributed by atoms with van der Waals surface area (Å²) in [5.41, 5.74) is 0.916. The Morgan fingerprint density at radius 2 is 2.29 bits per heavy atom. The van der Waals surface area contributed by atoms with Crippen molar-refractivity contribution in [1.82, 2.24) is 4.90 Å². The molecule has 1 aliphatic rings. The normalized spacial score (nSPS) is 19.4. The molecule has 17 heavy (non-hydrogen) atoms. The van der Waals surface area contributed by atoms with Crippen LogP contribution >= 0.6 is 0 Å². The number of para-hydroxylation sites is 1. The molecule has 0 saturated carbocycles. The fourth-order valence-corrected chi connectivity index (χ4v) is 2.03. The van der Waals surface area contributed by atoms with Crippen LogP contribution in [0.25, 0.3) is 0 Å². The third kappa shape index (κ3) is 2.58. The number of carbonyl (C=O) groups excluding carboxylic acids is 1. The lowest BCUT2D eigenvalue weighted by molar-refractivity contribution is -0.134. The molecular weight excluding hydrogens is 218 g/mol. The molecule has 1 aromatic carbocycles. The van der Waals surface area contributed by atoms with E-state index < -0.39 is 0 Å². The largest absolute Gasteiger partial charge is 0.496 e. The van der Waals surface area contributed by atoms with Gasteiger partial charge < -0.3 is 14.4 Å². The number of benzene rings is 1. The molecule has 1 heterocycles. The van der Waals surface area contributed by atoms with Crippen LogP contribution in [0.4, 0.5) is 0 Å². The Balaban J connectivity index is 2.07. The Morgan fingerprint density at radius 3 is 2.94 bits per heavy atom. The van der Waals surface area contributed by atoms with E-state index in [0.717, 1.165) is 11.3 Å². The van der Waals surface area contributed by atoms with Gasteiger partial charge >= 0.3 is 0 Å². The highest BCUT2D eigenvalue weighted by Gasteiger charge is 2.26. The first kappa shape index (κ1) is 11.9. The zero-order valence-corrected chi connectivity index (χ0v) is 10.2. The van der Waals surface area contributed by atoms with Crippen molar-refractivity contribution in [2.75, 3.05) is 20.3 Å². The highest BCUT2D eigenvalue weighted by Crippen LogP contribution is 2.20. The van der Waals surface area contributed by atoms with Crippen molar-refractivity contribution >= 4 is 5.91 Å². The van der Waals surface area contributed by atoms with Crippen molar-refractivity contribution in [2.45, 2.75) is 19.6 Å².